The van der Waals surface area contributed by atoms with Crippen molar-refractivity contribution in [2.24, 2.45) is 0 Å². The third-order valence-corrected chi connectivity index (χ3v) is 7.88. The summed E-state index contributed by atoms with van der Waals surface area (Å²) < 4.78 is 100. The predicted octanol–water partition coefficient (Wildman–Crippen LogP) is 11.3. The zero-order chi connectivity index (χ0) is 39.4. The molecule has 0 bridgehead atoms. The highest BCUT2D eigenvalue weighted by atomic mass is 35.5. The van der Waals surface area contributed by atoms with Gasteiger partial charge in [-0.15, -0.1) is 0 Å². The van der Waals surface area contributed by atoms with E-state index < -0.39 is 111 Å². The maximum atomic E-state index is 13.7. The topological polar surface area (TPSA) is 162 Å². The molecule has 0 aliphatic heterocycles. The van der Waals surface area contributed by atoms with Gasteiger partial charge in [0, 0.05) is 23.3 Å². The van der Waals surface area contributed by atoms with Gasteiger partial charge in [0.05, 0.1) is 78.6 Å². The summed E-state index contributed by atoms with van der Waals surface area (Å²) in [6.07, 6.45) is -9.42. The fourth-order valence-electron chi connectivity index (χ4n) is 5.08. The molecule has 0 aliphatic rings. The van der Waals surface area contributed by atoms with E-state index in [1.165, 1.54) is 0 Å². The summed E-state index contributed by atoms with van der Waals surface area (Å²) in [6.45, 7) is 2.89. The second-order valence-corrected chi connectivity index (χ2v) is 11.7. The fourth-order valence-corrected chi connectivity index (χ4v) is 5.71. The Hall–Kier alpha value is -5.78. The maximum absolute atomic E-state index is 13.7. The van der Waals surface area contributed by atoms with Gasteiger partial charge in [-0.25, -0.2) is 0 Å². The molecule has 0 spiro atoms. The van der Waals surface area contributed by atoms with Crippen molar-refractivity contribution in [2.75, 3.05) is 13.2 Å². The second-order valence-electron chi connectivity index (χ2n) is 10.9. The summed E-state index contributed by atoms with van der Waals surface area (Å²) >= 11 is 12.7. The van der Waals surface area contributed by atoms with Crippen LogP contribution in [-0.2, 0) is 12.4 Å². The lowest BCUT2D eigenvalue weighted by Crippen LogP contribution is -2.08. The Morgan fingerprint density at radius 1 is 0.660 bits per heavy atom. The van der Waals surface area contributed by atoms with E-state index >= 15 is 0 Å². The third-order valence-electron chi connectivity index (χ3n) is 7.29. The number of benzene rings is 4. The van der Waals surface area contributed by atoms with Gasteiger partial charge in [0.1, 0.15) is 11.5 Å². The van der Waals surface area contributed by atoms with Gasteiger partial charge >= 0.3 is 23.7 Å². The molecule has 0 N–H and O–H groups in total. The predicted molar refractivity (Wildman–Crippen MR) is 178 cm³/mol. The first-order chi connectivity index (χ1) is 24.9. The van der Waals surface area contributed by atoms with Crippen LogP contribution >= 0.6 is 23.2 Å². The van der Waals surface area contributed by atoms with E-state index in [-0.39, 0.29) is 26.1 Å². The van der Waals surface area contributed by atoms with Crippen LogP contribution in [0.1, 0.15) is 48.9 Å². The van der Waals surface area contributed by atoms with Crippen LogP contribution in [0, 0.1) is 42.9 Å². The molecule has 0 fully saturated rings. The fraction of sp³-hybridized carbons (Fsp3) is 0.235. The number of alkyl halides is 6. The van der Waals surface area contributed by atoms with Gasteiger partial charge in [-0.05, 0) is 49.2 Å². The SMILES string of the molecule is CCCOc1c([N+](=O)[O-])ccc(Oc2ccc([N+](=O)[O-])c(OCCC)c2-c2c(Cl)cc(C(F)(F)F)cc2C#N)c1-c1c(Cl)cc(C(F)(F)F)cc1C#N. The number of hydrogen-bond donors (Lipinski definition) is 0. The molecule has 0 radical (unpaired) electrons. The lowest BCUT2D eigenvalue weighted by atomic mass is 9.94. The summed E-state index contributed by atoms with van der Waals surface area (Å²) in [7, 11) is 0. The summed E-state index contributed by atoms with van der Waals surface area (Å²) in [5.41, 5.74) is -7.54. The summed E-state index contributed by atoms with van der Waals surface area (Å²) in [4.78, 5) is 22.6. The summed E-state index contributed by atoms with van der Waals surface area (Å²) in [6, 6.07) is 8.77. The molecule has 11 nitrogen and oxygen atoms in total. The van der Waals surface area contributed by atoms with Crippen LogP contribution in [0.5, 0.6) is 23.0 Å². The molecule has 0 amide bonds. The molecule has 0 heterocycles. The van der Waals surface area contributed by atoms with Crippen LogP contribution in [0.25, 0.3) is 22.3 Å². The number of nitro benzene ring substituents is 2. The first-order valence-electron chi connectivity index (χ1n) is 15.1. The number of rotatable bonds is 12. The molecule has 276 valence electrons. The van der Waals surface area contributed by atoms with Crippen molar-refractivity contribution in [1.82, 2.24) is 0 Å². The van der Waals surface area contributed by atoms with E-state index in [2.05, 4.69) is 0 Å². The van der Waals surface area contributed by atoms with Crippen LogP contribution in [0.15, 0.2) is 48.5 Å². The minimum absolute atomic E-state index is 0.193. The molecule has 0 saturated carbocycles. The maximum Gasteiger partial charge on any atom is 0.416 e. The zero-order valence-electron chi connectivity index (χ0n) is 27.1. The van der Waals surface area contributed by atoms with E-state index in [0.717, 1.165) is 24.3 Å². The highest BCUT2D eigenvalue weighted by Gasteiger charge is 2.37. The van der Waals surface area contributed by atoms with Crippen LogP contribution in [-0.4, -0.2) is 23.1 Å². The number of nitrogens with zero attached hydrogens (tertiary/aromatic N) is 4. The molecule has 0 atom stereocenters. The quantitative estimate of drug-likeness (QED) is 0.0773. The number of nitro groups is 2. The number of ether oxygens (including phenoxy) is 3. The van der Waals surface area contributed by atoms with E-state index in [4.69, 9.17) is 37.4 Å². The molecular weight excluding hydrogens is 761 g/mol. The van der Waals surface area contributed by atoms with Crippen LogP contribution in [0.2, 0.25) is 10.0 Å². The first kappa shape index (κ1) is 40.0. The van der Waals surface area contributed by atoms with E-state index in [9.17, 15) is 57.1 Å². The Bertz CT molecular complexity index is 2050. The molecule has 4 aromatic carbocycles. The molecular formula is C34H22Cl2F6N4O7. The van der Waals surface area contributed by atoms with Crippen molar-refractivity contribution in [2.45, 2.75) is 39.0 Å². The Morgan fingerprint density at radius 2 is 1.02 bits per heavy atom. The Balaban J connectivity index is 2.20. The molecule has 0 saturated heterocycles. The first-order valence-corrected chi connectivity index (χ1v) is 15.8. The lowest BCUT2D eigenvalue weighted by Gasteiger charge is -2.22. The van der Waals surface area contributed by atoms with E-state index in [1.807, 2.05) is 0 Å². The monoisotopic (exact) mass is 782 g/mol. The lowest BCUT2D eigenvalue weighted by molar-refractivity contribution is -0.385. The largest absolute Gasteiger partial charge is 0.486 e. The Labute approximate surface area is 305 Å². The molecule has 0 unspecified atom stereocenters. The zero-order valence-corrected chi connectivity index (χ0v) is 28.6. The van der Waals surface area contributed by atoms with Gasteiger partial charge in [0.2, 0.25) is 11.5 Å². The molecule has 0 aliphatic carbocycles. The van der Waals surface area contributed by atoms with Crippen molar-refractivity contribution in [3.05, 3.63) is 101 Å². The van der Waals surface area contributed by atoms with Gasteiger partial charge in [0.25, 0.3) is 0 Å². The molecule has 19 heteroatoms. The summed E-state index contributed by atoms with van der Waals surface area (Å²) in [5.74, 6) is -2.16. The second kappa shape index (κ2) is 15.9. The third kappa shape index (κ3) is 8.32. The average Bonchev–Trinajstić information content (AvgIpc) is 3.08. The van der Waals surface area contributed by atoms with Crippen LogP contribution in [0.3, 0.4) is 0 Å². The van der Waals surface area contributed by atoms with Crippen LogP contribution < -0.4 is 14.2 Å². The highest BCUT2D eigenvalue weighted by molar-refractivity contribution is 6.34. The molecule has 4 rings (SSSR count). The smallest absolute Gasteiger partial charge is 0.416 e. The van der Waals surface area contributed by atoms with Crippen molar-refractivity contribution in [3.63, 3.8) is 0 Å². The van der Waals surface area contributed by atoms with Gasteiger partial charge in [-0.2, -0.15) is 36.9 Å². The van der Waals surface area contributed by atoms with Crippen LogP contribution in [0.4, 0.5) is 37.7 Å². The van der Waals surface area contributed by atoms with Crippen molar-refractivity contribution in [3.8, 4) is 57.4 Å². The van der Waals surface area contributed by atoms with Gasteiger partial charge in [0.15, 0.2) is 0 Å². The van der Waals surface area contributed by atoms with Gasteiger partial charge in [-0.3, -0.25) is 20.2 Å². The van der Waals surface area contributed by atoms with E-state index in [0.29, 0.717) is 24.3 Å². The number of hydrogen-bond acceptors (Lipinski definition) is 9. The highest BCUT2D eigenvalue weighted by Crippen LogP contribution is 2.54. The van der Waals surface area contributed by atoms with Crippen molar-refractivity contribution < 1.29 is 50.4 Å². The Kier molecular flexibility index (Phi) is 12.0. The standard InChI is InChI=1S/C34H22Cl2F6N4O7/c1-3-9-51-31-23(45(47)48)5-7-25(29(31)27-17(15-43)11-19(13-21(27)35)33(37,38)39)53-26-8-6-24(46(49)50)32(52-10-4-2)30(26)28-18(16-44)12-20(14-22(28)36)34(40,41)42/h5-8,11-14H,3-4,9-10H2,1-2H3. The minimum Gasteiger partial charge on any atom is -0.486 e. The van der Waals surface area contributed by atoms with E-state index in [1.54, 1.807) is 26.0 Å². The van der Waals surface area contributed by atoms with Crippen molar-refractivity contribution in [1.29, 1.82) is 10.5 Å². The molecule has 53 heavy (non-hydrogen) atoms. The molecule has 0 aromatic heterocycles. The average molecular weight is 783 g/mol. The Morgan fingerprint density at radius 3 is 1.30 bits per heavy atom. The normalized spacial score (nSPS) is 11.4. The van der Waals surface area contributed by atoms with Gasteiger partial charge < -0.3 is 14.2 Å². The molecule has 4 aromatic rings. The summed E-state index contributed by atoms with van der Waals surface area (Å²) in [5, 5.41) is 42.9. The van der Waals surface area contributed by atoms with Crippen molar-refractivity contribution >= 4 is 34.6 Å². The minimum atomic E-state index is -4.97. The van der Waals surface area contributed by atoms with Gasteiger partial charge in [-0.1, -0.05) is 37.0 Å². The number of halogens is 8. The number of nitriles is 2.